The van der Waals surface area contributed by atoms with Crippen LogP contribution in [0.5, 0.6) is 0 Å². The molecule has 3 rings (SSSR count). The van der Waals surface area contributed by atoms with Gasteiger partial charge in [-0.05, 0) is 51.8 Å². The predicted molar refractivity (Wildman–Crippen MR) is 109 cm³/mol. The number of amides is 3. The molecule has 10 nitrogen and oxygen atoms in total. The molecule has 30 heavy (non-hydrogen) atoms. The van der Waals surface area contributed by atoms with Gasteiger partial charge in [-0.3, -0.25) is 19.5 Å². The first-order chi connectivity index (χ1) is 14.1. The molecule has 1 saturated heterocycles. The molecule has 0 saturated carbocycles. The quantitative estimate of drug-likeness (QED) is 0.680. The van der Waals surface area contributed by atoms with Crippen molar-refractivity contribution in [2.45, 2.75) is 51.7 Å². The maximum absolute atomic E-state index is 12.5. The Hall–Kier alpha value is -3.30. The number of nitrogens with one attached hydrogen (secondary N) is 3. The Morgan fingerprint density at radius 1 is 1.30 bits per heavy atom. The Morgan fingerprint density at radius 2 is 2.07 bits per heavy atom. The van der Waals surface area contributed by atoms with Gasteiger partial charge < -0.3 is 19.8 Å². The Kier molecular flexibility index (Phi) is 6.14. The molecule has 2 aromatic rings. The first-order valence-electron chi connectivity index (χ1n) is 9.82. The van der Waals surface area contributed by atoms with Crippen LogP contribution in [0.15, 0.2) is 27.4 Å². The van der Waals surface area contributed by atoms with Crippen LogP contribution in [-0.4, -0.2) is 52.5 Å². The molecule has 3 amide bonds. The second-order valence-corrected chi connectivity index (χ2v) is 8.15. The topological polar surface area (TPSA) is 134 Å². The van der Waals surface area contributed by atoms with Crippen molar-refractivity contribution < 1.29 is 23.5 Å². The number of likely N-dealkylation sites (tertiary alicyclic amines) is 1. The first-order valence-corrected chi connectivity index (χ1v) is 9.82. The molecule has 0 unspecified atom stereocenters. The fraction of sp³-hybridized carbons (Fsp3) is 0.500. The lowest BCUT2D eigenvalue weighted by molar-refractivity contribution is -0.125. The van der Waals surface area contributed by atoms with E-state index in [9.17, 15) is 19.2 Å². The maximum Gasteiger partial charge on any atom is 0.417 e. The van der Waals surface area contributed by atoms with E-state index in [0.29, 0.717) is 29.8 Å². The summed E-state index contributed by atoms with van der Waals surface area (Å²) in [6.07, 6.45) is 0.826. The lowest BCUT2D eigenvalue weighted by Crippen LogP contribution is -2.47. The van der Waals surface area contributed by atoms with Gasteiger partial charge in [-0.2, -0.15) is 0 Å². The van der Waals surface area contributed by atoms with E-state index in [1.54, 1.807) is 39.0 Å². The number of carbonyl (C=O) groups excluding carboxylic acids is 3. The summed E-state index contributed by atoms with van der Waals surface area (Å²) in [5, 5.41) is 5.41. The zero-order valence-electron chi connectivity index (χ0n) is 17.2. The highest BCUT2D eigenvalue weighted by Gasteiger charge is 2.36. The molecule has 10 heteroatoms. The normalized spacial score (nSPS) is 16.5. The van der Waals surface area contributed by atoms with Crippen LogP contribution < -0.4 is 16.4 Å². The number of carbonyl (C=O) groups is 3. The molecule has 0 radical (unpaired) electrons. The number of nitrogens with zero attached hydrogens (tertiary/aromatic N) is 1. The number of hydrogen-bond donors (Lipinski definition) is 3. The Balaban J connectivity index is 1.47. The average Bonchev–Trinajstić information content (AvgIpc) is 3.25. The largest absolute Gasteiger partial charge is 0.444 e. The van der Waals surface area contributed by atoms with E-state index >= 15 is 0 Å². The van der Waals surface area contributed by atoms with Crippen LogP contribution in [0.3, 0.4) is 0 Å². The van der Waals surface area contributed by atoms with Gasteiger partial charge in [-0.25, -0.2) is 9.59 Å². The molecule has 162 valence electrons. The van der Waals surface area contributed by atoms with Crippen LogP contribution in [0, 0.1) is 0 Å². The third-order valence-electron chi connectivity index (χ3n) is 4.54. The van der Waals surface area contributed by atoms with Gasteiger partial charge in [0.05, 0.1) is 5.52 Å². The van der Waals surface area contributed by atoms with Gasteiger partial charge in [0.1, 0.15) is 11.6 Å². The lowest BCUT2D eigenvalue weighted by atomic mass is 10.2. The summed E-state index contributed by atoms with van der Waals surface area (Å²) in [6, 6.07) is 4.19. The summed E-state index contributed by atoms with van der Waals surface area (Å²) < 4.78 is 10.3. The fourth-order valence-corrected chi connectivity index (χ4v) is 3.25. The minimum Gasteiger partial charge on any atom is -0.444 e. The molecule has 1 fully saturated rings. The average molecular weight is 418 g/mol. The molecule has 1 atom stereocenters. The van der Waals surface area contributed by atoms with Crippen LogP contribution in [0.4, 0.5) is 10.5 Å². The van der Waals surface area contributed by atoms with Crippen molar-refractivity contribution in [2.75, 3.05) is 18.4 Å². The summed E-state index contributed by atoms with van der Waals surface area (Å²) in [7, 11) is 0. The number of anilines is 1. The van der Waals surface area contributed by atoms with Crippen LogP contribution in [0.25, 0.3) is 11.1 Å². The monoisotopic (exact) mass is 418 g/mol. The molecule has 0 spiro atoms. The molecule has 2 heterocycles. The van der Waals surface area contributed by atoms with Gasteiger partial charge in [0.25, 0.3) is 0 Å². The van der Waals surface area contributed by atoms with Crippen LogP contribution in [0.2, 0.25) is 0 Å². The third kappa shape index (κ3) is 5.40. The fourth-order valence-electron chi connectivity index (χ4n) is 3.25. The van der Waals surface area contributed by atoms with Crippen LogP contribution in [0.1, 0.15) is 40.0 Å². The number of hydrogen-bond acceptors (Lipinski definition) is 6. The summed E-state index contributed by atoms with van der Waals surface area (Å²) >= 11 is 0. The molecule has 3 N–H and O–H groups in total. The first kappa shape index (κ1) is 21.4. The standard InChI is InChI=1S/C20H26N4O6/c1-20(2,3)30-19(28)24-10-4-5-14(24)17(26)21-9-8-16(25)22-12-6-7-15-13(11-12)23-18(27)29-15/h6-7,11,14H,4-5,8-10H2,1-3H3,(H,21,26)(H,22,25)(H,23,27)/t14-/m1/s1. The Labute approximate surface area is 172 Å². The van der Waals surface area contributed by atoms with Gasteiger partial charge >= 0.3 is 11.8 Å². The highest BCUT2D eigenvalue weighted by Crippen LogP contribution is 2.21. The van der Waals surface area contributed by atoms with Crippen molar-refractivity contribution in [1.29, 1.82) is 0 Å². The summed E-state index contributed by atoms with van der Waals surface area (Å²) in [5.74, 6) is -1.16. The van der Waals surface area contributed by atoms with Crippen molar-refractivity contribution >= 4 is 34.7 Å². The number of aromatic amines is 1. The Morgan fingerprint density at radius 3 is 2.80 bits per heavy atom. The minimum absolute atomic E-state index is 0.0604. The number of benzene rings is 1. The van der Waals surface area contributed by atoms with E-state index in [0.717, 1.165) is 6.42 Å². The van der Waals surface area contributed by atoms with Gasteiger partial charge in [-0.1, -0.05) is 0 Å². The summed E-state index contributed by atoms with van der Waals surface area (Å²) in [4.78, 5) is 52.0. The van der Waals surface area contributed by atoms with Crippen LogP contribution >= 0.6 is 0 Å². The smallest absolute Gasteiger partial charge is 0.417 e. The molecule has 0 aliphatic carbocycles. The van der Waals surface area contributed by atoms with Crippen molar-refractivity contribution in [1.82, 2.24) is 15.2 Å². The number of ether oxygens (including phenoxy) is 1. The van der Waals surface area contributed by atoms with Gasteiger partial charge in [0.2, 0.25) is 11.8 Å². The van der Waals surface area contributed by atoms with Crippen molar-refractivity contribution in [2.24, 2.45) is 0 Å². The van der Waals surface area contributed by atoms with Gasteiger partial charge in [0, 0.05) is 25.2 Å². The predicted octanol–water partition coefficient (Wildman–Crippen LogP) is 1.97. The highest BCUT2D eigenvalue weighted by molar-refractivity contribution is 5.93. The van der Waals surface area contributed by atoms with E-state index in [2.05, 4.69) is 15.6 Å². The lowest BCUT2D eigenvalue weighted by Gasteiger charge is -2.28. The molecule has 1 aliphatic rings. The zero-order chi connectivity index (χ0) is 21.9. The molecule has 1 aromatic heterocycles. The van der Waals surface area contributed by atoms with Crippen molar-refractivity contribution in [3.63, 3.8) is 0 Å². The van der Waals surface area contributed by atoms with Crippen molar-refractivity contribution in [3.8, 4) is 0 Å². The molecule has 1 aliphatic heterocycles. The molecular weight excluding hydrogens is 392 g/mol. The molecule has 1 aromatic carbocycles. The van der Waals surface area contributed by atoms with E-state index in [4.69, 9.17) is 9.15 Å². The van der Waals surface area contributed by atoms with Crippen molar-refractivity contribution in [3.05, 3.63) is 28.7 Å². The van der Waals surface area contributed by atoms with E-state index < -0.39 is 23.5 Å². The minimum atomic E-state index is -0.634. The third-order valence-corrected chi connectivity index (χ3v) is 4.54. The SMILES string of the molecule is CC(C)(C)OC(=O)N1CCC[C@@H]1C(=O)NCCC(=O)Nc1ccc2oc(=O)[nH]c2c1. The number of aromatic nitrogens is 1. The molecule has 0 bridgehead atoms. The van der Waals surface area contributed by atoms with E-state index in [1.807, 2.05) is 0 Å². The second-order valence-electron chi connectivity index (χ2n) is 8.15. The molecular formula is C20H26N4O6. The highest BCUT2D eigenvalue weighted by atomic mass is 16.6. The number of rotatable bonds is 5. The number of oxazole rings is 1. The summed E-state index contributed by atoms with van der Waals surface area (Å²) in [5.41, 5.74) is 0.749. The Bertz CT molecular complexity index is 1000. The maximum atomic E-state index is 12.5. The van der Waals surface area contributed by atoms with E-state index in [1.165, 1.54) is 4.90 Å². The van der Waals surface area contributed by atoms with Crippen LogP contribution in [-0.2, 0) is 14.3 Å². The van der Waals surface area contributed by atoms with Gasteiger partial charge in [-0.15, -0.1) is 0 Å². The zero-order valence-corrected chi connectivity index (χ0v) is 17.2. The second kappa shape index (κ2) is 8.60. The number of fused-ring (bicyclic) bond motifs is 1. The van der Waals surface area contributed by atoms with Gasteiger partial charge in [0.15, 0.2) is 5.58 Å². The number of H-pyrrole nitrogens is 1. The van der Waals surface area contributed by atoms with E-state index in [-0.39, 0.29) is 24.8 Å². The summed E-state index contributed by atoms with van der Waals surface area (Å²) in [6.45, 7) is 5.92.